The Bertz CT molecular complexity index is 772. The van der Waals surface area contributed by atoms with Gasteiger partial charge >= 0.3 is 5.69 Å². The molecule has 1 saturated heterocycles. The Balaban J connectivity index is 1.94. The fraction of sp³-hybridized carbons (Fsp3) is 0.368. The molecule has 7 heteroatoms. The zero-order valence-electron chi connectivity index (χ0n) is 14.5. The highest BCUT2D eigenvalue weighted by molar-refractivity contribution is 5.60. The van der Waals surface area contributed by atoms with Crippen molar-refractivity contribution in [3.63, 3.8) is 0 Å². The third-order valence-corrected chi connectivity index (χ3v) is 4.86. The van der Waals surface area contributed by atoms with E-state index in [9.17, 15) is 14.5 Å². The Hall–Kier alpha value is -2.67. The van der Waals surface area contributed by atoms with Gasteiger partial charge in [0, 0.05) is 30.4 Å². The second kappa shape index (κ2) is 7.70. The van der Waals surface area contributed by atoms with Gasteiger partial charge in [0.15, 0.2) is 5.75 Å². The maximum Gasteiger partial charge on any atom is 0.311 e. The van der Waals surface area contributed by atoms with Crippen LogP contribution >= 0.6 is 0 Å². The first-order valence-electron chi connectivity index (χ1n) is 8.54. The van der Waals surface area contributed by atoms with Gasteiger partial charge in [-0.2, -0.15) is 0 Å². The predicted molar refractivity (Wildman–Crippen MR) is 98.4 cm³/mol. The Morgan fingerprint density at radius 3 is 2.69 bits per heavy atom. The van der Waals surface area contributed by atoms with Crippen LogP contribution in [0.3, 0.4) is 0 Å². The molecule has 1 unspecified atom stereocenters. The summed E-state index contributed by atoms with van der Waals surface area (Å²) in [4.78, 5) is 12.6. The van der Waals surface area contributed by atoms with Gasteiger partial charge in [-0.05, 0) is 24.5 Å². The number of halogens is 1. The summed E-state index contributed by atoms with van der Waals surface area (Å²) in [5.74, 6) is 0.163. The summed E-state index contributed by atoms with van der Waals surface area (Å²) in [5, 5.41) is 11.1. The van der Waals surface area contributed by atoms with Crippen LogP contribution in [0, 0.1) is 10.1 Å². The van der Waals surface area contributed by atoms with Gasteiger partial charge in [0.2, 0.25) is 0 Å². The molecule has 3 atom stereocenters. The summed E-state index contributed by atoms with van der Waals surface area (Å²) in [6, 6.07) is 13.4. The normalized spacial score (nSPS) is 22.9. The van der Waals surface area contributed by atoms with Crippen molar-refractivity contribution < 1.29 is 14.1 Å². The smallest absolute Gasteiger partial charge is 0.311 e. The molecule has 1 aliphatic rings. The van der Waals surface area contributed by atoms with Gasteiger partial charge in [0.1, 0.15) is 6.17 Å². The quantitative estimate of drug-likeness (QED) is 0.655. The van der Waals surface area contributed by atoms with Crippen LogP contribution in [0.25, 0.3) is 0 Å². The number of hydrogen-bond donors (Lipinski definition) is 1. The van der Waals surface area contributed by atoms with Crippen LogP contribution in [0.5, 0.6) is 5.75 Å². The van der Waals surface area contributed by atoms with E-state index < -0.39 is 23.2 Å². The van der Waals surface area contributed by atoms with E-state index >= 15 is 0 Å². The number of anilines is 1. The van der Waals surface area contributed by atoms with Crippen LogP contribution in [-0.2, 0) is 6.42 Å². The van der Waals surface area contributed by atoms with Gasteiger partial charge in [-0.25, -0.2) is 4.39 Å². The zero-order chi connectivity index (χ0) is 18.7. The predicted octanol–water partition coefficient (Wildman–Crippen LogP) is 3.09. The number of benzene rings is 2. The van der Waals surface area contributed by atoms with Gasteiger partial charge < -0.3 is 15.4 Å². The molecule has 1 heterocycles. The Morgan fingerprint density at radius 1 is 1.31 bits per heavy atom. The third-order valence-electron chi connectivity index (χ3n) is 4.86. The summed E-state index contributed by atoms with van der Waals surface area (Å²) >= 11 is 0. The molecule has 0 radical (unpaired) electrons. The van der Waals surface area contributed by atoms with Crippen LogP contribution < -0.4 is 15.4 Å². The molecule has 2 aromatic carbocycles. The van der Waals surface area contributed by atoms with Gasteiger partial charge in [0.05, 0.1) is 18.1 Å². The molecule has 0 aromatic heterocycles. The lowest BCUT2D eigenvalue weighted by molar-refractivity contribution is -0.385. The maximum absolute atomic E-state index is 14.9. The van der Waals surface area contributed by atoms with Crippen molar-refractivity contribution >= 4 is 11.4 Å². The molecule has 2 N–H and O–H groups in total. The first-order valence-corrected chi connectivity index (χ1v) is 8.54. The van der Waals surface area contributed by atoms with Crippen molar-refractivity contribution in [2.75, 3.05) is 18.6 Å². The SMILES string of the molecule is COc1cc(N2CC[C@H](N)[C@@H](F)C2Cc2ccccc2)ccc1[N+](=O)[O-]. The fourth-order valence-corrected chi connectivity index (χ4v) is 3.47. The molecule has 0 spiro atoms. The molecule has 138 valence electrons. The summed E-state index contributed by atoms with van der Waals surface area (Å²) in [6.07, 6.45) is -0.161. The summed E-state index contributed by atoms with van der Waals surface area (Å²) in [5.41, 5.74) is 7.58. The van der Waals surface area contributed by atoms with Crippen LogP contribution in [0.1, 0.15) is 12.0 Å². The molecule has 0 bridgehead atoms. The van der Waals surface area contributed by atoms with E-state index in [0.29, 0.717) is 25.1 Å². The van der Waals surface area contributed by atoms with Crippen molar-refractivity contribution in [2.45, 2.75) is 31.1 Å². The summed E-state index contributed by atoms with van der Waals surface area (Å²) in [6.45, 7) is 0.583. The number of alkyl halides is 1. The lowest BCUT2D eigenvalue weighted by Gasteiger charge is -2.42. The average Bonchev–Trinajstić information content (AvgIpc) is 2.66. The van der Waals surface area contributed by atoms with Crippen LogP contribution in [0.2, 0.25) is 0 Å². The van der Waals surface area contributed by atoms with E-state index in [0.717, 1.165) is 5.56 Å². The average molecular weight is 359 g/mol. The Morgan fingerprint density at radius 2 is 2.04 bits per heavy atom. The van der Waals surface area contributed by atoms with E-state index in [1.165, 1.54) is 13.2 Å². The largest absolute Gasteiger partial charge is 0.490 e. The highest BCUT2D eigenvalue weighted by Crippen LogP contribution is 2.35. The van der Waals surface area contributed by atoms with Crippen molar-refractivity contribution in [2.24, 2.45) is 5.73 Å². The molecular weight excluding hydrogens is 337 g/mol. The molecule has 3 rings (SSSR count). The summed E-state index contributed by atoms with van der Waals surface area (Å²) < 4.78 is 20.1. The van der Waals surface area contributed by atoms with Crippen LogP contribution in [0.4, 0.5) is 15.8 Å². The third kappa shape index (κ3) is 3.62. The standard InChI is InChI=1S/C19H22FN3O3/c1-26-18-12-14(7-8-16(18)23(24)25)22-10-9-15(21)19(20)17(22)11-13-5-3-2-4-6-13/h2-8,12,15,17,19H,9-11,21H2,1H3/t15-,17?,19+/m0/s1. The molecule has 1 fully saturated rings. The van der Waals surface area contributed by atoms with Crippen molar-refractivity contribution in [1.29, 1.82) is 0 Å². The number of nitro groups is 1. The maximum atomic E-state index is 14.9. The Labute approximate surface area is 151 Å². The van der Waals surface area contributed by atoms with E-state index in [2.05, 4.69) is 0 Å². The lowest BCUT2D eigenvalue weighted by atomic mass is 9.90. The molecule has 0 aliphatic carbocycles. The number of rotatable bonds is 5. The molecule has 2 aromatic rings. The number of piperidine rings is 1. The van der Waals surface area contributed by atoms with Crippen LogP contribution in [-0.4, -0.2) is 36.8 Å². The minimum absolute atomic E-state index is 0.110. The molecular formula is C19H22FN3O3. The van der Waals surface area contributed by atoms with Crippen molar-refractivity contribution in [3.8, 4) is 5.75 Å². The first-order chi connectivity index (χ1) is 12.5. The van der Waals surface area contributed by atoms with E-state index in [4.69, 9.17) is 10.5 Å². The number of methoxy groups -OCH3 is 1. The van der Waals surface area contributed by atoms with E-state index in [-0.39, 0.29) is 11.4 Å². The number of nitrogens with zero attached hydrogens (tertiary/aromatic N) is 2. The number of hydrogen-bond acceptors (Lipinski definition) is 5. The molecule has 0 saturated carbocycles. The number of nitro benzene ring substituents is 1. The second-order valence-corrected chi connectivity index (χ2v) is 6.46. The number of ether oxygens (including phenoxy) is 1. The molecule has 0 amide bonds. The Kier molecular flexibility index (Phi) is 5.37. The van der Waals surface area contributed by atoms with Crippen molar-refractivity contribution in [1.82, 2.24) is 0 Å². The summed E-state index contributed by atoms with van der Waals surface area (Å²) in [7, 11) is 1.39. The molecule has 1 aliphatic heterocycles. The molecule has 26 heavy (non-hydrogen) atoms. The minimum Gasteiger partial charge on any atom is -0.490 e. The fourth-order valence-electron chi connectivity index (χ4n) is 3.47. The number of nitrogens with two attached hydrogens (primary N) is 1. The second-order valence-electron chi connectivity index (χ2n) is 6.46. The monoisotopic (exact) mass is 359 g/mol. The molecule has 6 nitrogen and oxygen atoms in total. The van der Waals surface area contributed by atoms with Gasteiger partial charge in [-0.15, -0.1) is 0 Å². The zero-order valence-corrected chi connectivity index (χ0v) is 14.5. The lowest BCUT2D eigenvalue weighted by Crippen LogP contribution is -2.56. The van der Waals surface area contributed by atoms with Gasteiger partial charge in [0.25, 0.3) is 0 Å². The minimum atomic E-state index is -1.19. The highest BCUT2D eigenvalue weighted by Gasteiger charge is 2.37. The topological polar surface area (TPSA) is 81.6 Å². The van der Waals surface area contributed by atoms with Gasteiger partial charge in [-0.1, -0.05) is 30.3 Å². The van der Waals surface area contributed by atoms with Gasteiger partial charge in [-0.3, -0.25) is 10.1 Å². The van der Waals surface area contributed by atoms with E-state index in [1.807, 2.05) is 35.2 Å². The van der Waals surface area contributed by atoms with E-state index in [1.54, 1.807) is 12.1 Å². The van der Waals surface area contributed by atoms with Crippen molar-refractivity contribution in [3.05, 3.63) is 64.2 Å². The first kappa shape index (κ1) is 18.1. The van der Waals surface area contributed by atoms with Crippen LogP contribution in [0.15, 0.2) is 48.5 Å². The highest BCUT2D eigenvalue weighted by atomic mass is 19.1.